The fourth-order valence-corrected chi connectivity index (χ4v) is 4.32. The van der Waals surface area contributed by atoms with E-state index in [0.717, 1.165) is 46.7 Å². The number of fused-ring (bicyclic) bond motifs is 1. The standard InChI is InChI=1S/C27H24FN9/c1-15(22-11-30-12-23(32-22)37-13-19(29)14-37)6-7-21-16(2)24(36-35-21)27-33-25-20(8-9-31-26(25)34-27)17-4-3-5-18(28)10-17/h3-12,19,35H,2,13-14,29H2,1H3,(H,31,33,34)/b15-6+,21-7+. The fourth-order valence-electron chi connectivity index (χ4n) is 4.32. The second-order valence-electron chi connectivity index (χ2n) is 9.06. The third-order valence-corrected chi connectivity index (χ3v) is 6.40. The number of aromatic nitrogens is 7. The average molecular weight is 494 g/mol. The van der Waals surface area contributed by atoms with Gasteiger partial charge >= 0.3 is 0 Å². The molecule has 9 nitrogen and oxygen atoms in total. The molecule has 184 valence electrons. The molecule has 4 aromatic heterocycles. The van der Waals surface area contributed by atoms with Crippen molar-refractivity contribution in [3.05, 3.63) is 77.1 Å². The van der Waals surface area contributed by atoms with E-state index in [1.165, 1.54) is 12.1 Å². The van der Waals surface area contributed by atoms with Crippen molar-refractivity contribution >= 4 is 35.2 Å². The molecule has 37 heavy (non-hydrogen) atoms. The van der Waals surface area contributed by atoms with Crippen LogP contribution in [0.25, 0.3) is 52.0 Å². The number of rotatable bonds is 5. The highest BCUT2D eigenvalue weighted by Gasteiger charge is 2.24. The zero-order chi connectivity index (χ0) is 25.5. The van der Waals surface area contributed by atoms with E-state index in [2.05, 4.69) is 36.6 Å². The zero-order valence-corrected chi connectivity index (χ0v) is 20.1. The van der Waals surface area contributed by atoms with Crippen molar-refractivity contribution in [3.8, 4) is 22.6 Å². The molecule has 0 bridgehead atoms. The molecule has 0 spiro atoms. The van der Waals surface area contributed by atoms with Gasteiger partial charge in [0.2, 0.25) is 0 Å². The van der Waals surface area contributed by atoms with E-state index in [4.69, 9.17) is 15.7 Å². The molecule has 4 N–H and O–H groups in total. The van der Waals surface area contributed by atoms with Crippen molar-refractivity contribution < 1.29 is 4.39 Å². The lowest BCUT2D eigenvalue weighted by Crippen LogP contribution is -2.56. The number of hydrogen-bond donors (Lipinski definition) is 3. The highest BCUT2D eigenvalue weighted by atomic mass is 19.1. The van der Waals surface area contributed by atoms with Crippen molar-refractivity contribution in [3.63, 3.8) is 0 Å². The van der Waals surface area contributed by atoms with Crippen LogP contribution in [0, 0.1) is 5.82 Å². The molecule has 1 saturated heterocycles. The Kier molecular flexibility index (Phi) is 5.57. The third-order valence-electron chi connectivity index (χ3n) is 6.40. The monoisotopic (exact) mass is 493 g/mol. The van der Waals surface area contributed by atoms with E-state index in [1.807, 2.05) is 31.2 Å². The zero-order valence-electron chi connectivity index (χ0n) is 20.1. The summed E-state index contributed by atoms with van der Waals surface area (Å²) in [6.07, 6.45) is 9.01. The van der Waals surface area contributed by atoms with Crippen LogP contribution in [0.5, 0.6) is 0 Å². The Morgan fingerprint density at radius 1 is 1.22 bits per heavy atom. The van der Waals surface area contributed by atoms with Crippen LogP contribution in [-0.4, -0.2) is 54.2 Å². The first-order valence-corrected chi connectivity index (χ1v) is 11.8. The van der Waals surface area contributed by atoms with Crippen LogP contribution in [0.3, 0.4) is 0 Å². The first-order chi connectivity index (χ1) is 18.0. The molecule has 0 unspecified atom stereocenters. The van der Waals surface area contributed by atoms with E-state index in [-0.39, 0.29) is 11.9 Å². The Labute approximate surface area is 211 Å². The molecule has 0 atom stereocenters. The summed E-state index contributed by atoms with van der Waals surface area (Å²) in [5.74, 6) is 1.04. The summed E-state index contributed by atoms with van der Waals surface area (Å²) in [5, 5.41) is 8.89. The number of H-pyrrole nitrogens is 2. The quantitative estimate of drug-likeness (QED) is 0.343. The van der Waals surface area contributed by atoms with E-state index < -0.39 is 0 Å². The summed E-state index contributed by atoms with van der Waals surface area (Å²) in [5.41, 5.74) is 10.9. The summed E-state index contributed by atoms with van der Waals surface area (Å²) < 4.78 is 13.8. The van der Waals surface area contributed by atoms with Crippen LogP contribution in [0.4, 0.5) is 10.2 Å². The number of anilines is 1. The number of nitrogens with zero attached hydrogens (tertiary/aromatic N) is 6. The number of imidazole rings is 1. The lowest BCUT2D eigenvalue weighted by atomic mass is 10.1. The van der Waals surface area contributed by atoms with E-state index in [9.17, 15) is 4.39 Å². The number of halogens is 1. The largest absolute Gasteiger partial charge is 0.352 e. The summed E-state index contributed by atoms with van der Waals surface area (Å²) in [6.45, 7) is 7.75. The van der Waals surface area contributed by atoms with Gasteiger partial charge in [0.05, 0.1) is 23.4 Å². The average Bonchev–Trinajstić information content (AvgIpc) is 3.48. The first kappa shape index (κ1) is 22.7. The Hall–Kier alpha value is -4.70. The maximum atomic E-state index is 13.8. The van der Waals surface area contributed by atoms with Crippen molar-refractivity contribution in [2.75, 3.05) is 18.0 Å². The first-order valence-electron chi connectivity index (χ1n) is 11.8. The Balaban J connectivity index is 1.32. The molecule has 1 aliphatic heterocycles. The minimum Gasteiger partial charge on any atom is -0.352 e. The SMILES string of the molecule is C=c1c(-c2nc3c(-c4cccc(F)c4)ccnc3[nH]2)n[nH]/c1=C/C=C(\C)c1cncc(N2CC(N)C2)n1. The molecule has 0 saturated carbocycles. The van der Waals surface area contributed by atoms with E-state index >= 15 is 0 Å². The molecule has 0 aliphatic carbocycles. The van der Waals surface area contributed by atoms with Crippen LogP contribution in [0.1, 0.15) is 12.6 Å². The second-order valence-corrected chi connectivity index (χ2v) is 9.06. The van der Waals surface area contributed by atoms with Crippen molar-refractivity contribution in [1.82, 2.24) is 35.1 Å². The van der Waals surface area contributed by atoms with Crippen LogP contribution in [0.15, 0.2) is 55.0 Å². The lowest BCUT2D eigenvalue weighted by Gasteiger charge is -2.37. The van der Waals surface area contributed by atoms with Gasteiger partial charge < -0.3 is 15.6 Å². The van der Waals surface area contributed by atoms with Crippen molar-refractivity contribution in [1.29, 1.82) is 0 Å². The van der Waals surface area contributed by atoms with E-state index in [0.29, 0.717) is 27.9 Å². The molecular weight excluding hydrogens is 469 g/mol. The van der Waals surface area contributed by atoms with Gasteiger partial charge in [-0.05, 0) is 42.3 Å². The minimum atomic E-state index is -0.309. The van der Waals surface area contributed by atoms with Crippen molar-refractivity contribution in [2.24, 2.45) is 5.73 Å². The maximum Gasteiger partial charge on any atom is 0.160 e. The normalized spacial score (nSPS) is 14.9. The molecule has 0 radical (unpaired) electrons. The Morgan fingerprint density at radius 3 is 2.89 bits per heavy atom. The second kappa shape index (κ2) is 9.07. The van der Waals surface area contributed by atoms with Gasteiger partial charge in [-0.1, -0.05) is 24.8 Å². The summed E-state index contributed by atoms with van der Waals surface area (Å²) in [4.78, 5) is 23.5. The number of allylic oxidation sites excluding steroid dienone is 2. The summed E-state index contributed by atoms with van der Waals surface area (Å²) in [7, 11) is 0. The van der Waals surface area contributed by atoms with Crippen molar-refractivity contribution in [2.45, 2.75) is 13.0 Å². The molecule has 0 amide bonds. The predicted octanol–water partition coefficient (Wildman–Crippen LogP) is 2.39. The molecule has 10 heteroatoms. The number of nitrogens with one attached hydrogen (secondary N) is 2. The van der Waals surface area contributed by atoms with Gasteiger partial charge in [0.1, 0.15) is 22.8 Å². The van der Waals surface area contributed by atoms with Crippen LogP contribution in [0.2, 0.25) is 0 Å². The molecule has 5 aromatic rings. The third kappa shape index (κ3) is 4.27. The molecule has 1 aromatic carbocycles. The minimum absolute atomic E-state index is 0.191. The Morgan fingerprint density at radius 2 is 2.08 bits per heavy atom. The van der Waals surface area contributed by atoms with Gasteiger partial charge in [0.15, 0.2) is 11.5 Å². The molecule has 5 heterocycles. The molecular formula is C27H24FN9. The summed E-state index contributed by atoms with van der Waals surface area (Å²) in [6, 6.07) is 8.41. The van der Waals surface area contributed by atoms with Gasteiger partial charge in [-0.3, -0.25) is 10.1 Å². The van der Waals surface area contributed by atoms with E-state index in [1.54, 1.807) is 24.7 Å². The molecule has 6 rings (SSSR count). The number of aromatic amines is 2. The van der Waals surface area contributed by atoms with Crippen LogP contribution < -0.4 is 21.2 Å². The topological polar surface area (TPSA) is 125 Å². The Bertz CT molecular complexity index is 1760. The fraction of sp³-hybridized carbons (Fsp3) is 0.148. The molecule has 1 fully saturated rings. The molecule has 1 aliphatic rings. The number of pyridine rings is 1. The van der Waals surface area contributed by atoms with Gasteiger partial charge in [-0.15, -0.1) is 0 Å². The number of nitrogens with two attached hydrogens (primary N) is 1. The van der Waals surface area contributed by atoms with Gasteiger partial charge in [-0.2, -0.15) is 5.10 Å². The van der Waals surface area contributed by atoms with Gasteiger partial charge in [0.25, 0.3) is 0 Å². The van der Waals surface area contributed by atoms with Gasteiger partial charge in [-0.25, -0.2) is 19.3 Å². The number of hydrogen-bond acceptors (Lipinski definition) is 7. The summed E-state index contributed by atoms with van der Waals surface area (Å²) >= 11 is 0. The van der Waals surface area contributed by atoms with Crippen LogP contribution in [-0.2, 0) is 0 Å². The highest BCUT2D eigenvalue weighted by Crippen LogP contribution is 2.27. The van der Waals surface area contributed by atoms with Crippen LogP contribution >= 0.6 is 0 Å². The van der Waals surface area contributed by atoms with Gasteiger partial charge in [0, 0.05) is 36.1 Å². The lowest BCUT2D eigenvalue weighted by molar-refractivity contribution is 0.513. The predicted molar refractivity (Wildman–Crippen MR) is 142 cm³/mol. The maximum absolute atomic E-state index is 13.8. The smallest absolute Gasteiger partial charge is 0.160 e. The number of benzene rings is 1. The highest BCUT2D eigenvalue weighted by molar-refractivity contribution is 5.91.